The van der Waals surface area contributed by atoms with Crippen LogP contribution < -0.4 is 0 Å². The van der Waals surface area contributed by atoms with E-state index in [4.69, 9.17) is 0 Å². The van der Waals surface area contributed by atoms with Crippen molar-refractivity contribution in [3.05, 3.63) is 35.9 Å². The van der Waals surface area contributed by atoms with Crippen molar-refractivity contribution in [2.24, 2.45) is 4.99 Å². The molecule has 22 heavy (non-hydrogen) atoms. The van der Waals surface area contributed by atoms with Crippen molar-refractivity contribution < 1.29 is 13.2 Å². The van der Waals surface area contributed by atoms with E-state index in [0.717, 1.165) is 5.56 Å². The summed E-state index contributed by atoms with van der Waals surface area (Å²) in [4.78, 5) is 18.3. The molecule has 0 aromatic heterocycles. The first-order chi connectivity index (χ1) is 10.5. The molecule has 0 N–H and O–H groups in total. The predicted octanol–water partition coefficient (Wildman–Crippen LogP) is 1.35. The fourth-order valence-corrected chi connectivity index (χ4v) is 6.95. The first-order valence-electron chi connectivity index (χ1n) is 7.27. The lowest BCUT2D eigenvalue weighted by molar-refractivity contribution is -0.117. The maximum Gasteiger partial charge on any atom is 0.252 e. The molecule has 2 heterocycles. The third-order valence-electron chi connectivity index (χ3n) is 3.93. The number of benzene rings is 1. The second kappa shape index (κ2) is 6.04. The lowest BCUT2D eigenvalue weighted by atomic mass is 10.1. The first-order valence-corrected chi connectivity index (χ1v) is 9.98. The molecule has 2 fully saturated rings. The maximum atomic E-state index is 12.1. The van der Waals surface area contributed by atoms with Crippen LogP contribution in [-0.2, 0) is 21.1 Å². The Balaban J connectivity index is 1.73. The second-order valence-corrected chi connectivity index (χ2v) is 8.90. The number of thioether (sulfide) groups is 1. The number of carbonyl (C=O) groups is 1. The molecule has 1 aromatic carbocycles. The summed E-state index contributed by atoms with van der Waals surface area (Å²) in [5, 5.41) is 0.682. The standard InChI is InChI=1S/C15H18N2O3S2/c1-2-17-12-9-22(19,20)10-13(12)21-15(17)16-14(18)8-11-6-4-3-5-7-11/h3-7,12-13H,2,8-10H2,1H3/t12-,13-/m1/s1. The highest BCUT2D eigenvalue weighted by Gasteiger charge is 2.48. The number of hydrogen-bond acceptors (Lipinski definition) is 4. The molecule has 5 nitrogen and oxygen atoms in total. The Hall–Kier alpha value is -1.34. The Kier molecular flexibility index (Phi) is 4.27. The average Bonchev–Trinajstić information content (AvgIpc) is 2.90. The van der Waals surface area contributed by atoms with Crippen LogP contribution in [0, 0.1) is 0 Å². The van der Waals surface area contributed by atoms with Crippen molar-refractivity contribution in [1.82, 2.24) is 4.90 Å². The van der Waals surface area contributed by atoms with Crippen LogP contribution in [0.4, 0.5) is 0 Å². The minimum absolute atomic E-state index is 0.00762. The van der Waals surface area contributed by atoms with Gasteiger partial charge in [-0.05, 0) is 12.5 Å². The van der Waals surface area contributed by atoms with Crippen LogP contribution in [0.25, 0.3) is 0 Å². The molecule has 7 heteroatoms. The summed E-state index contributed by atoms with van der Waals surface area (Å²) in [5.41, 5.74) is 0.936. The van der Waals surface area contributed by atoms with Crippen molar-refractivity contribution in [3.63, 3.8) is 0 Å². The Labute approximate surface area is 134 Å². The van der Waals surface area contributed by atoms with E-state index < -0.39 is 9.84 Å². The van der Waals surface area contributed by atoms with Gasteiger partial charge in [-0.1, -0.05) is 42.1 Å². The number of carbonyl (C=O) groups excluding carboxylic acids is 1. The maximum absolute atomic E-state index is 12.1. The molecule has 0 unspecified atom stereocenters. The van der Waals surface area contributed by atoms with E-state index in [9.17, 15) is 13.2 Å². The Morgan fingerprint density at radius 1 is 1.32 bits per heavy atom. The summed E-state index contributed by atoms with van der Waals surface area (Å²) in [6, 6.07) is 9.47. The van der Waals surface area contributed by atoms with Crippen LogP contribution in [0.1, 0.15) is 12.5 Å². The molecule has 3 rings (SSSR count). The Morgan fingerprint density at radius 3 is 2.73 bits per heavy atom. The van der Waals surface area contributed by atoms with Gasteiger partial charge < -0.3 is 4.90 Å². The number of nitrogens with zero attached hydrogens (tertiary/aromatic N) is 2. The third-order valence-corrected chi connectivity index (χ3v) is 7.18. The molecule has 0 radical (unpaired) electrons. The quantitative estimate of drug-likeness (QED) is 0.832. The summed E-state index contributed by atoms with van der Waals surface area (Å²) in [7, 11) is -2.95. The molecule has 0 saturated carbocycles. The summed E-state index contributed by atoms with van der Waals surface area (Å²) in [6.07, 6.45) is 0.274. The summed E-state index contributed by atoms with van der Waals surface area (Å²) in [6.45, 7) is 2.63. The molecule has 1 amide bonds. The number of amidine groups is 1. The van der Waals surface area contributed by atoms with Gasteiger partial charge in [0.05, 0.1) is 24.0 Å². The van der Waals surface area contributed by atoms with E-state index >= 15 is 0 Å². The summed E-state index contributed by atoms with van der Waals surface area (Å²) < 4.78 is 23.5. The predicted molar refractivity (Wildman–Crippen MR) is 88.8 cm³/mol. The van der Waals surface area contributed by atoms with Crippen LogP contribution in [0.3, 0.4) is 0 Å². The average molecular weight is 338 g/mol. The molecule has 118 valence electrons. The van der Waals surface area contributed by atoms with Gasteiger partial charge in [0.2, 0.25) is 0 Å². The third kappa shape index (κ3) is 3.20. The van der Waals surface area contributed by atoms with Crippen molar-refractivity contribution in [2.75, 3.05) is 18.1 Å². The van der Waals surface area contributed by atoms with E-state index in [1.165, 1.54) is 11.8 Å². The van der Waals surface area contributed by atoms with Crippen molar-refractivity contribution >= 4 is 32.7 Å². The molecule has 0 aliphatic carbocycles. The van der Waals surface area contributed by atoms with E-state index in [1.807, 2.05) is 42.2 Å². The van der Waals surface area contributed by atoms with Crippen molar-refractivity contribution in [2.45, 2.75) is 24.6 Å². The minimum Gasteiger partial charge on any atom is -0.346 e. The molecule has 0 bridgehead atoms. The van der Waals surface area contributed by atoms with Crippen LogP contribution >= 0.6 is 11.8 Å². The van der Waals surface area contributed by atoms with E-state index in [2.05, 4.69) is 4.99 Å². The topological polar surface area (TPSA) is 66.8 Å². The van der Waals surface area contributed by atoms with Crippen LogP contribution in [-0.4, -0.2) is 53.7 Å². The lowest BCUT2D eigenvalue weighted by Gasteiger charge is -2.22. The highest BCUT2D eigenvalue weighted by Crippen LogP contribution is 2.37. The molecular weight excluding hydrogens is 320 g/mol. The lowest BCUT2D eigenvalue weighted by Crippen LogP contribution is -2.37. The fraction of sp³-hybridized carbons (Fsp3) is 0.467. The number of fused-ring (bicyclic) bond motifs is 1. The molecule has 2 aliphatic heterocycles. The van der Waals surface area contributed by atoms with Gasteiger partial charge in [0, 0.05) is 11.8 Å². The zero-order valence-corrected chi connectivity index (χ0v) is 13.9. The van der Waals surface area contributed by atoms with Gasteiger partial charge in [-0.15, -0.1) is 0 Å². The largest absolute Gasteiger partial charge is 0.346 e. The number of hydrogen-bond donors (Lipinski definition) is 0. The van der Waals surface area contributed by atoms with Crippen molar-refractivity contribution in [1.29, 1.82) is 0 Å². The molecule has 2 aliphatic rings. The van der Waals surface area contributed by atoms with Gasteiger partial charge in [-0.3, -0.25) is 4.79 Å². The molecule has 2 atom stereocenters. The van der Waals surface area contributed by atoms with Crippen LogP contribution in [0.15, 0.2) is 35.3 Å². The first kappa shape index (κ1) is 15.6. The highest BCUT2D eigenvalue weighted by atomic mass is 32.2. The zero-order valence-electron chi connectivity index (χ0n) is 12.3. The number of rotatable bonds is 3. The van der Waals surface area contributed by atoms with Gasteiger partial charge in [0.1, 0.15) is 0 Å². The molecule has 0 spiro atoms. The zero-order chi connectivity index (χ0) is 15.7. The van der Waals surface area contributed by atoms with Crippen molar-refractivity contribution in [3.8, 4) is 0 Å². The second-order valence-electron chi connectivity index (χ2n) is 5.54. The molecular formula is C15H18N2O3S2. The molecule has 1 aromatic rings. The van der Waals surface area contributed by atoms with E-state index in [1.54, 1.807) is 0 Å². The SMILES string of the molecule is CCN1C(=NC(=O)Cc2ccccc2)S[C@@H]2CS(=O)(=O)C[C@H]21. The van der Waals surface area contributed by atoms with Gasteiger partial charge in [0.25, 0.3) is 5.91 Å². The van der Waals surface area contributed by atoms with E-state index in [0.29, 0.717) is 11.7 Å². The summed E-state index contributed by atoms with van der Waals surface area (Å²) in [5.74, 6) is 0.171. The Morgan fingerprint density at radius 2 is 2.05 bits per heavy atom. The van der Waals surface area contributed by atoms with Crippen LogP contribution in [0.5, 0.6) is 0 Å². The highest BCUT2D eigenvalue weighted by molar-refractivity contribution is 8.15. The van der Waals surface area contributed by atoms with Crippen LogP contribution in [0.2, 0.25) is 0 Å². The summed E-state index contributed by atoms with van der Waals surface area (Å²) >= 11 is 1.43. The fourth-order valence-electron chi connectivity index (χ4n) is 2.92. The monoisotopic (exact) mass is 338 g/mol. The van der Waals surface area contributed by atoms with E-state index in [-0.39, 0.29) is 35.1 Å². The smallest absolute Gasteiger partial charge is 0.252 e. The van der Waals surface area contributed by atoms with Gasteiger partial charge in [-0.25, -0.2) is 8.42 Å². The van der Waals surface area contributed by atoms with Gasteiger partial charge in [-0.2, -0.15) is 4.99 Å². The van der Waals surface area contributed by atoms with Gasteiger partial charge >= 0.3 is 0 Å². The van der Waals surface area contributed by atoms with Gasteiger partial charge in [0.15, 0.2) is 15.0 Å². The minimum atomic E-state index is -2.95. The normalized spacial score (nSPS) is 28.0. The number of aliphatic imine (C=N–C) groups is 1. The Bertz CT molecular complexity index is 701. The number of amides is 1. The molecule has 2 saturated heterocycles. The number of sulfone groups is 1.